The van der Waals surface area contributed by atoms with Crippen LogP contribution in [0, 0.1) is 12.8 Å². The summed E-state index contributed by atoms with van der Waals surface area (Å²) in [7, 11) is 3.23. The number of hydrogen-bond donors (Lipinski definition) is 2. The van der Waals surface area contributed by atoms with E-state index in [0.29, 0.717) is 24.2 Å². The van der Waals surface area contributed by atoms with Crippen molar-refractivity contribution in [2.45, 2.75) is 26.3 Å². The maximum absolute atomic E-state index is 6.05. The summed E-state index contributed by atoms with van der Waals surface area (Å²) in [6.45, 7) is 3.52. The Kier molecular flexibility index (Phi) is 5.06. The predicted octanol–water partition coefficient (Wildman–Crippen LogP) is 1.59. The Morgan fingerprint density at radius 2 is 2.20 bits per heavy atom. The first-order valence-corrected chi connectivity index (χ1v) is 8.28. The van der Waals surface area contributed by atoms with Crippen LogP contribution in [-0.2, 0) is 13.0 Å². The fourth-order valence-electron chi connectivity index (χ4n) is 3.00. The molecule has 3 N–H and O–H groups in total. The van der Waals surface area contributed by atoms with Gasteiger partial charge >= 0.3 is 0 Å². The number of ether oxygens (including phenoxy) is 2. The maximum Gasteiger partial charge on any atom is 0.193 e. The Hall–Kier alpha value is -2.77. The number of nitrogens with two attached hydrogens (primary N) is 1. The highest BCUT2D eigenvalue weighted by Gasteiger charge is 2.21. The van der Waals surface area contributed by atoms with E-state index in [1.165, 1.54) is 0 Å². The second-order valence-corrected chi connectivity index (χ2v) is 6.10. The van der Waals surface area contributed by atoms with Gasteiger partial charge in [0.1, 0.15) is 23.1 Å². The first kappa shape index (κ1) is 17.1. The molecule has 2 aromatic rings. The number of methoxy groups -OCH3 is 2. The minimum atomic E-state index is 0.359. The van der Waals surface area contributed by atoms with E-state index < -0.39 is 0 Å². The molecule has 0 radical (unpaired) electrons. The van der Waals surface area contributed by atoms with E-state index in [0.717, 1.165) is 42.5 Å². The molecule has 1 aliphatic rings. The molecule has 0 bridgehead atoms. The summed E-state index contributed by atoms with van der Waals surface area (Å²) in [6, 6.07) is 5.49. The van der Waals surface area contributed by atoms with Crippen molar-refractivity contribution < 1.29 is 9.47 Å². The molecule has 8 nitrogen and oxygen atoms in total. The lowest BCUT2D eigenvalue weighted by Crippen LogP contribution is -2.27. The van der Waals surface area contributed by atoms with Crippen LogP contribution in [0.25, 0.3) is 0 Å². The average molecular weight is 344 g/mol. The first-order valence-electron chi connectivity index (χ1n) is 8.28. The number of benzene rings is 1. The van der Waals surface area contributed by atoms with E-state index in [4.69, 9.17) is 15.2 Å². The van der Waals surface area contributed by atoms with Gasteiger partial charge in [0.05, 0.1) is 19.9 Å². The van der Waals surface area contributed by atoms with Crippen molar-refractivity contribution in [3.05, 3.63) is 29.8 Å². The summed E-state index contributed by atoms with van der Waals surface area (Å²) in [6.07, 6.45) is 1.97. The third kappa shape index (κ3) is 3.84. The molecule has 25 heavy (non-hydrogen) atoms. The number of aromatic nitrogens is 3. The fourth-order valence-corrected chi connectivity index (χ4v) is 3.00. The molecule has 3 rings (SSSR count). The minimum absolute atomic E-state index is 0.359. The highest BCUT2D eigenvalue weighted by atomic mass is 16.5. The maximum atomic E-state index is 6.05. The average Bonchev–Trinajstić information content (AvgIpc) is 3.00. The molecule has 0 saturated carbocycles. The predicted molar refractivity (Wildman–Crippen MR) is 96.2 cm³/mol. The standard InChI is InChI=1S/C17H24N6O2/c1-11-21-22-16-7-4-12(10-23(11)16)9-19-17(18)20-14-8-13(24-2)5-6-15(14)25-3/h5-6,8,12H,4,7,9-10H2,1-3H3,(H3,18,19,20). The van der Waals surface area contributed by atoms with Gasteiger partial charge in [-0.25, -0.2) is 0 Å². The third-order valence-corrected chi connectivity index (χ3v) is 4.42. The molecule has 0 fully saturated rings. The van der Waals surface area contributed by atoms with Crippen molar-refractivity contribution in [3.63, 3.8) is 0 Å². The molecule has 0 spiro atoms. The largest absolute Gasteiger partial charge is 0.497 e. The summed E-state index contributed by atoms with van der Waals surface area (Å²) < 4.78 is 12.7. The van der Waals surface area contributed by atoms with Crippen LogP contribution in [0.1, 0.15) is 18.1 Å². The second-order valence-electron chi connectivity index (χ2n) is 6.10. The van der Waals surface area contributed by atoms with Crippen molar-refractivity contribution in [3.8, 4) is 11.5 Å². The van der Waals surface area contributed by atoms with Crippen LogP contribution in [-0.4, -0.2) is 41.5 Å². The van der Waals surface area contributed by atoms with Crippen LogP contribution >= 0.6 is 0 Å². The fraction of sp³-hybridized carbons (Fsp3) is 0.471. The smallest absolute Gasteiger partial charge is 0.193 e. The number of rotatable bonds is 5. The zero-order valence-electron chi connectivity index (χ0n) is 14.8. The van der Waals surface area contributed by atoms with Crippen molar-refractivity contribution in [2.75, 3.05) is 26.1 Å². The molecule has 0 saturated heterocycles. The number of guanidine groups is 1. The molecule has 1 unspecified atom stereocenters. The van der Waals surface area contributed by atoms with Crippen LogP contribution in [0.4, 0.5) is 5.69 Å². The Labute approximate surface area is 147 Å². The number of nitrogens with zero attached hydrogens (tertiary/aromatic N) is 4. The van der Waals surface area contributed by atoms with Gasteiger partial charge in [-0.1, -0.05) is 0 Å². The molecule has 134 valence electrons. The minimum Gasteiger partial charge on any atom is -0.497 e. The molecule has 1 aromatic heterocycles. The van der Waals surface area contributed by atoms with Crippen molar-refractivity contribution in [1.82, 2.24) is 14.8 Å². The normalized spacial score (nSPS) is 17.1. The van der Waals surface area contributed by atoms with Gasteiger partial charge in [0.25, 0.3) is 0 Å². The van der Waals surface area contributed by atoms with Crippen molar-refractivity contribution >= 4 is 11.6 Å². The molecular weight excluding hydrogens is 320 g/mol. The van der Waals surface area contributed by atoms with E-state index in [-0.39, 0.29) is 0 Å². The molecule has 1 atom stereocenters. The van der Waals surface area contributed by atoms with Crippen LogP contribution in [0.3, 0.4) is 0 Å². The number of fused-ring (bicyclic) bond motifs is 1. The topological polar surface area (TPSA) is 99.6 Å². The van der Waals surface area contributed by atoms with Crippen molar-refractivity contribution in [2.24, 2.45) is 16.6 Å². The van der Waals surface area contributed by atoms with Gasteiger partial charge in [-0.2, -0.15) is 0 Å². The SMILES string of the molecule is COc1ccc(OC)c(NC(N)=NCC2CCc3nnc(C)n3C2)c1. The van der Waals surface area contributed by atoms with Crippen molar-refractivity contribution in [1.29, 1.82) is 0 Å². The number of aliphatic imine (C=N–C) groups is 1. The molecule has 1 aliphatic heterocycles. The second kappa shape index (κ2) is 7.42. The van der Waals surface area contributed by atoms with E-state index >= 15 is 0 Å². The van der Waals surface area contributed by atoms with Gasteiger partial charge in [-0.15, -0.1) is 10.2 Å². The molecular formula is C17H24N6O2. The summed E-state index contributed by atoms with van der Waals surface area (Å²) in [5.74, 6) is 4.20. The van der Waals surface area contributed by atoms with Gasteiger partial charge in [-0.3, -0.25) is 4.99 Å². The van der Waals surface area contributed by atoms with Crippen LogP contribution in [0.2, 0.25) is 0 Å². The van der Waals surface area contributed by atoms with E-state index in [1.807, 2.05) is 25.1 Å². The quantitative estimate of drug-likeness (QED) is 0.631. The third-order valence-electron chi connectivity index (χ3n) is 4.42. The van der Waals surface area contributed by atoms with E-state index in [1.54, 1.807) is 14.2 Å². The number of nitrogens with one attached hydrogen (secondary N) is 1. The van der Waals surface area contributed by atoms with Gasteiger partial charge in [0.2, 0.25) is 0 Å². The summed E-state index contributed by atoms with van der Waals surface area (Å²) in [5, 5.41) is 11.4. The summed E-state index contributed by atoms with van der Waals surface area (Å²) in [4.78, 5) is 4.49. The Balaban J connectivity index is 1.64. The van der Waals surface area contributed by atoms with Gasteiger partial charge in [0.15, 0.2) is 5.96 Å². The monoisotopic (exact) mass is 344 g/mol. The van der Waals surface area contributed by atoms with Gasteiger partial charge in [0, 0.05) is 25.6 Å². The first-order chi connectivity index (χ1) is 12.1. The van der Waals surface area contributed by atoms with Crippen LogP contribution in [0.5, 0.6) is 11.5 Å². The molecule has 0 aliphatic carbocycles. The molecule has 2 heterocycles. The van der Waals surface area contributed by atoms with E-state index in [9.17, 15) is 0 Å². The lowest BCUT2D eigenvalue weighted by molar-refractivity contribution is 0.370. The zero-order chi connectivity index (χ0) is 17.8. The molecule has 0 amide bonds. The Bertz CT molecular complexity index is 770. The lowest BCUT2D eigenvalue weighted by Gasteiger charge is -2.22. The van der Waals surface area contributed by atoms with Crippen LogP contribution in [0.15, 0.2) is 23.2 Å². The number of aryl methyl sites for hydroxylation is 2. The summed E-state index contributed by atoms with van der Waals surface area (Å²) in [5.41, 5.74) is 6.78. The lowest BCUT2D eigenvalue weighted by atomic mass is 9.99. The molecule has 1 aromatic carbocycles. The highest BCUT2D eigenvalue weighted by molar-refractivity contribution is 5.94. The molecule has 8 heteroatoms. The number of hydrogen-bond acceptors (Lipinski definition) is 5. The number of anilines is 1. The highest BCUT2D eigenvalue weighted by Crippen LogP contribution is 2.28. The van der Waals surface area contributed by atoms with Gasteiger partial charge in [-0.05, 0) is 31.4 Å². The van der Waals surface area contributed by atoms with E-state index in [2.05, 4.69) is 25.1 Å². The van der Waals surface area contributed by atoms with Crippen LogP contribution < -0.4 is 20.5 Å². The summed E-state index contributed by atoms with van der Waals surface area (Å²) >= 11 is 0. The Morgan fingerprint density at radius 1 is 1.36 bits per heavy atom. The zero-order valence-corrected chi connectivity index (χ0v) is 14.8. The van der Waals surface area contributed by atoms with Gasteiger partial charge < -0.3 is 25.1 Å². The Morgan fingerprint density at radius 3 is 2.96 bits per heavy atom.